The summed E-state index contributed by atoms with van der Waals surface area (Å²) in [5, 5.41) is 0. The van der Waals surface area contributed by atoms with Gasteiger partial charge >= 0.3 is 5.97 Å². The van der Waals surface area contributed by atoms with Crippen LogP contribution >= 0.6 is 7.37 Å². The second-order valence-electron chi connectivity index (χ2n) is 10.7. The van der Waals surface area contributed by atoms with Gasteiger partial charge in [0.1, 0.15) is 12.7 Å². The Bertz CT molecular complexity index is 628. The van der Waals surface area contributed by atoms with Crippen molar-refractivity contribution in [3.63, 3.8) is 0 Å². The molecule has 0 N–H and O–H groups in total. The molecule has 0 radical (unpaired) electrons. The van der Waals surface area contributed by atoms with Crippen molar-refractivity contribution >= 4 is 13.3 Å². The lowest BCUT2D eigenvalue weighted by molar-refractivity contribution is -0.174. The zero-order valence-electron chi connectivity index (χ0n) is 24.7. The molecule has 38 heavy (non-hydrogen) atoms. The highest BCUT2D eigenvalue weighted by atomic mass is 31.2. The highest BCUT2D eigenvalue weighted by Crippen LogP contribution is 2.37. The van der Waals surface area contributed by atoms with Gasteiger partial charge in [0.05, 0.1) is 19.8 Å². The zero-order valence-corrected chi connectivity index (χ0v) is 25.6. The third-order valence-electron chi connectivity index (χ3n) is 6.52. The van der Waals surface area contributed by atoms with Crippen LogP contribution < -0.4 is 0 Å². The molecule has 1 aliphatic heterocycles. The minimum atomic E-state index is -2.65. The van der Waals surface area contributed by atoms with E-state index in [1.807, 2.05) is 0 Å². The van der Waals surface area contributed by atoms with Gasteiger partial charge in [-0.3, -0.25) is 9.36 Å². The average molecular weight is 561 g/mol. The molecular formula is C30H57O7P. The highest BCUT2D eigenvalue weighted by molar-refractivity contribution is 7.57. The Kier molecular flexibility index (Phi) is 22.4. The Labute approximate surface area is 233 Å². The third kappa shape index (κ3) is 23.2. The van der Waals surface area contributed by atoms with Crippen LogP contribution in [0.15, 0.2) is 12.2 Å². The van der Waals surface area contributed by atoms with E-state index in [2.05, 4.69) is 19.1 Å². The first kappa shape index (κ1) is 35.3. The van der Waals surface area contributed by atoms with Crippen LogP contribution in [0, 0.1) is 0 Å². The third-order valence-corrected chi connectivity index (χ3v) is 7.29. The number of esters is 1. The van der Waals surface area contributed by atoms with Gasteiger partial charge in [-0.1, -0.05) is 70.4 Å². The summed E-state index contributed by atoms with van der Waals surface area (Å²) in [6, 6.07) is 0. The summed E-state index contributed by atoms with van der Waals surface area (Å²) in [5.74, 6) is -0.223. The van der Waals surface area contributed by atoms with E-state index in [0.29, 0.717) is 19.6 Å². The maximum absolute atomic E-state index is 12.2. The van der Waals surface area contributed by atoms with Crippen LogP contribution in [0.4, 0.5) is 0 Å². The van der Waals surface area contributed by atoms with E-state index < -0.39 is 13.5 Å². The van der Waals surface area contributed by atoms with Gasteiger partial charge in [0.2, 0.25) is 0 Å². The van der Waals surface area contributed by atoms with E-state index in [0.717, 1.165) is 51.6 Å². The molecule has 2 atom stereocenters. The molecule has 0 spiro atoms. The number of carbonyl (C=O) groups excluding carboxylic acids is 1. The van der Waals surface area contributed by atoms with Gasteiger partial charge in [-0.2, -0.15) is 0 Å². The van der Waals surface area contributed by atoms with Gasteiger partial charge in [0.25, 0.3) is 0 Å². The van der Waals surface area contributed by atoms with Crippen molar-refractivity contribution in [1.29, 1.82) is 0 Å². The van der Waals surface area contributed by atoms with Crippen molar-refractivity contribution in [3.8, 4) is 0 Å². The van der Waals surface area contributed by atoms with Gasteiger partial charge in [-0.15, -0.1) is 0 Å². The molecule has 0 aromatic rings. The lowest BCUT2D eigenvalue weighted by Crippen LogP contribution is -2.29. The summed E-state index contributed by atoms with van der Waals surface area (Å²) < 4.78 is 39.8. The van der Waals surface area contributed by atoms with E-state index in [9.17, 15) is 9.36 Å². The summed E-state index contributed by atoms with van der Waals surface area (Å²) >= 11 is 0. The second-order valence-corrected chi connectivity index (χ2v) is 13.5. The van der Waals surface area contributed by atoms with E-state index in [1.54, 1.807) is 13.3 Å². The number of rotatable bonds is 25. The molecule has 1 aliphatic rings. The van der Waals surface area contributed by atoms with Gasteiger partial charge in [-0.05, 0) is 51.4 Å². The number of carbonyl (C=O) groups is 1. The second kappa shape index (κ2) is 24.1. The summed E-state index contributed by atoms with van der Waals surface area (Å²) in [4.78, 5) is 12.2. The topological polar surface area (TPSA) is 80.3 Å². The lowest BCUT2D eigenvalue weighted by atomic mass is 10.1. The molecule has 1 unspecified atom stereocenters. The normalized spacial score (nSPS) is 17.2. The fourth-order valence-corrected chi connectivity index (χ4v) is 4.77. The Morgan fingerprint density at radius 1 is 0.895 bits per heavy atom. The molecule has 0 aromatic carbocycles. The summed E-state index contributed by atoms with van der Waals surface area (Å²) in [7, 11) is -2.65. The minimum absolute atomic E-state index is 0.0871. The first-order valence-corrected chi connectivity index (χ1v) is 17.8. The highest BCUT2D eigenvalue weighted by Gasteiger charge is 2.18. The zero-order chi connectivity index (χ0) is 27.7. The number of unbranched alkanes of at least 4 members (excludes halogenated alkanes) is 11. The predicted molar refractivity (Wildman–Crippen MR) is 155 cm³/mol. The van der Waals surface area contributed by atoms with Crippen molar-refractivity contribution in [2.75, 3.05) is 46.4 Å². The SMILES string of the molecule is CCCCCCCC/C=C\CCCCCCCC(=O)OC[C@H](COP(C)(C)=O)OCCOC1CCCCO1. The van der Waals surface area contributed by atoms with Crippen LogP contribution in [-0.2, 0) is 32.8 Å². The van der Waals surface area contributed by atoms with Gasteiger partial charge in [-0.25, -0.2) is 0 Å². The van der Waals surface area contributed by atoms with E-state index >= 15 is 0 Å². The average Bonchev–Trinajstić information content (AvgIpc) is 2.90. The Morgan fingerprint density at radius 2 is 1.55 bits per heavy atom. The van der Waals surface area contributed by atoms with Crippen LogP contribution in [0.25, 0.3) is 0 Å². The van der Waals surface area contributed by atoms with Crippen LogP contribution in [0.1, 0.15) is 116 Å². The molecule has 0 aliphatic carbocycles. The van der Waals surface area contributed by atoms with Crippen LogP contribution in [-0.4, -0.2) is 64.7 Å². The van der Waals surface area contributed by atoms with Gasteiger partial charge in [0.15, 0.2) is 13.7 Å². The maximum Gasteiger partial charge on any atom is 0.305 e. The summed E-state index contributed by atoms with van der Waals surface area (Å²) in [6.45, 7) is 7.04. The number of ether oxygens (including phenoxy) is 4. The Balaban J connectivity index is 2.06. The van der Waals surface area contributed by atoms with Crippen molar-refractivity contribution in [1.82, 2.24) is 0 Å². The number of allylic oxidation sites excluding steroid dienone is 2. The number of hydrogen-bond acceptors (Lipinski definition) is 7. The molecule has 0 aromatic heterocycles. The molecule has 0 amide bonds. The summed E-state index contributed by atoms with van der Waals surface area (Å²) in [5.41, 5.74) is 0. The quantitative estimate of drug-likeness (QED) is 0.0483. The van der Waals surface area contributed by atoms with Crippen molar-refractivity contribution in [3.05, 3.63) is 12.2 Å². The molecule has 8 heteroatoms. The molecule has 1 saturated heterocycles. The minimum Gasteiger partial charge on any atom is -0.463 e. The molecule has 224 valence electrons. The molecular weight excluding hydrogens is 503 g/mol. The van der Waals surface area contributed by atoms with E-state index in [4.69, 9.17) is 23.5 Å². The lowest BCUT2D eigenvalue weighted by Gasteiger charge is -2.23. The fraction of sp³-hybridized carbons (Fsp3) is 0.900. The molecule has 0 saturated carbocycles. The Hall–Kier alpha value is -0.720. The first-order valence-electron chi connectivity index (χ1n) is 15.3. The van der Waals surface area contributed by atoms with E-state index in [-0.39, 0.29) is 25.5 Å². The predicted octanol–water partition coefficient (Wildman–Crippen LogP) is 8.05. The largest absolute Gasteiger partial charge is 0.463 e. The van der Waals surface area contributed by atoms with Gasteiger partial charge in [0, 0.05) is 26.4 Å². The molecule has 7 nitrogen and oxygen atoms in total. The summed E-state index contributed by atoms with van der Waals surface area (Å²) in [6.07, 6.45) is 23.5. The Morgan fingerprint density at radius 3 is 2.18 bits per heavy atom. The van der Waals surface area contributed by atoms with Gasteiger partial charge < -0.3 is 23.5 Å². The monoisotopic (exact) mass is 560 g/mol. The fourth-order valence-electron chi connectivity index (χ4n) is 4.24. The molecule has 1 heterocycles. The van der Waals surface area contributed by atoms with Crippen LogP contribution in [0.3, 0.4) is 0 Å². The van der Waals surface area contributed by atoms with Crippen molar-refractivity contribution < 1.29 is 32.8 Å². The molecule has 0 bridgehead atoms. The molecule has 1 fully saturated rings. The van der Waals surface area contributed by atoms with Crippen molar-refractivity contribution in [2.24, 2.45) is 0 Å². The van der Waals surface area contributed by atoms with E-state index in [1.165, 1.54) is 57.8 Å². The maximum atomic E-state index is 12.2. The number of hydrogen-bond donors (Lipinski definition) is 0. The van der Waals surface area contributed by atoms with Crippen LogP contribution in [0.2, 0.25) is 0 Å². The molecule has 1 rings (SSSR count). The van der Waals surface area contributed by atoms with Crippen molar-refractivity contribution in [2.45, 2.75) is 128 Å². The standard InChI is InChI=1S/C30H57O7P/c1-4-5-6-7-8-9-10-11-12-13-14-15-16-17-18-21-29(31)36-26-28(27-37-38(2,3)32)33-24-25-35-30-22-19-20-23-34-30/h11-12,28,30H,4-10,13-27H2,1-3H3/b12-11-/t28-,30?/m1/s1. The smallest absolute Gasteiger partial charge is 0.305 e. The van der Waals surface area contributed by atoms with Crippen LogP contribution in [0.5, 0.6) is 0 Å². The first-order chi connectivity index (χ1) is 18.4.